The van der Waals surface area contributed by atoms with Crippen molar-refractivity contribution in [3.8, 4) is 11.5 Å². The smallest absolute Gasteiger partial charge is 0.161 e. The Hall–Kier alpha value is -1.30. The van der Waals surface area contributed by atoms with Crippen LogP contribution in [0.1, 0.15) is 38.3 Å². The van der Waals surface area contributed by atoms with Gasteiger partial charge in [0.15, 0.2) is 11.5 Å². The third-order valence-corrected chi connectivity index (χ3v) is 4.63. The SMILES string of the molecule is CCC(C)(C(NN)c1ccc2c(c1)OCCCO2)N(C)C. The number of nitrogens with one attached hydrogen (secondary N) is 1. The van der Waals surface area contributed by atoms with E-state index < -0.39 is 0 Å². The molecule has 2 rings (SSSR count). The number of hydrogen-bond donors (Lipinski definition) is 2. The quantitative estimate of drug-likeness (QED) is 0.643. The van der Waals surface area contributed by atoms with Gasteiger partial charge in [-0.15, -0.1) is 0 Å². The summed E-state index contributed by atoms with van der Waals surface area (Å²) in [4.78, 5) is 2.21. The maximum atomic E-state index is 5.86. The van der Waals surface area contributed by atoms with Crippen molar-refractivity contribution in [2.24, 2.45) is 5.84 Å². The normalized spacial score (nSPS) is 19.0. The van der Waals surface area contributed by atoms with E-state index in [4.69, 9.17) is 15.3 Å². The zero-order chi connectivity index (χ0) is 15.5. The molecule has 0 saturated heterocycles. The van der Waals surface area contributed by atoms with Crippen LogP contribution in [-0.4, -0.2) is 37.7 Å². The van der Waals surface area contributed by atoms with Crippen LogP contribution in [0.2, 0.25) is 0 Å². The van der Waals surface area contributed by atoms with E-state index in [0.717, 1.165) is 29.9 Å². The van der Waals surface area contributed by atoms with Gasteiger partial charge in [0.1, 0.15) is 0 Å². The topological polar surface area (TPSA) is 59.8 Å². The molecule has 0 fully saturated rings. The Kier molecular flexibility index (Phi) is 5.08. The monoisotopic (exact) mass is 293 g/mol. The largest absolute Gasteiger partial charge is 0.490 e. The minimum atomic E-state index is -0.0887. The molecule has 118 valence electrons. The average Bonchev–Trinajstić information content (AvgIpc) is 2.72. The van der Waals surface area contributed by atoms with Crippen LogP contribution >= 0.6 is 0 Å². The lowest BCUT2D eigenvalue weighted by Crippen LogP contribution is -2.52. The van der Waals surface area contributed by atoms with Crippen molar-refractivity contribution in [1.82, 2.24) is 10.3 Å². The van der Waals surface area contributed by atoms with Gasteiger partial charge >= 0.3 is 0 Å². The second-order valence-corrected chi connectivity index (χ2v) is 5.96. The van der Waals surface area contributed by atoms with Crippen LogP contribution < -0.4 is 20.7 Å². The molecule has 1 aromatic carbocycles. The zero-order valence-corrected chi connectivity index (χ0v) is 13.5. The molecule has 0 spiro atoms. The van der Waals surface area contributed by atoms with E-state index in [1.165, 1.54) is 0 Å². The van der Waals surface area contributed by atoms with Crippen molar-refractivity contribution >= 4 is 0 Å². The number of fused-ring (bicyclic) bond motifs is 1. The first-order valence-electron chi connectivity index (χ1n) is 7.56. The third-order valence-electron chi connectivity index (χ3n) is 4.63. The number of likely N-dealkylation sites (N-methyl/N-ethyl adjacent to an activating group) is 1. The molecule has 21 heavy (non-hydrogen) atoms. The van der Waals surface area contributed by atoms with Crippen LogP contribution in [0.25, 0.3) is 0 Å². The summed E-state index contributed by atoms with van der Waals surface area (Å²) in [6.07, 6.45) is 1.89. The molecule has 3 N–H and O–H groups in total. The molecular formula is C16H27N3O2. The van der Waals surface area contributed by atoms with Crippen molar-refractivity contribution in [3.63, 3.8) is 0 Å². The molecule has 2 atom stereocenters. The van der Waals surface area contributed by atoms with E-state index in [2.05, 4.69) is 44.3 Å². The van der Waals surface area contributed by atoms with Crippen LogP contribution in [0.4, 0.5) is 0 Å². The highest BCUT2D eigenvalue weighted by atomic mass is 16.5. The van der Waals surface area contributed by atoms with Crippen molar-refractivity contribution in [3.05, 3.63) is 23.8 Å². The van der Waals surface area contributed by atoms with Gasteiger partial charge in [0, 0.05) is 12.0 Å². The number of benzene rings is 1. The Morgan fingerprint density at radius 3 is 2.52 bits per heavy atom. The fourth-order valence-corrected chi connectivity index (χ4v) is 2.77. The fraction of sp³-hybridized carbons (Fsp3) is 0.625. The highest BCUT2D eigenvalue weighted by molar-refractivity contribution is 5.45. The highest BCUT2D eigenvalue weighted by Gasteiger charge is 2.35. The number of nitrogens with zero attached hydrogens (tertiary/aromatic N) is 1. The number of hydrazine groups is 1. The van der Waals surface area contributed by atoms with E-state index in [1.54, 1.807) is 0 Å². The van der Waals surface area contributed by atoms with Crippen LogP contribution in [-0.2, 0) is 0 Å². The van der Waals surface area contributed by atoms with Gasteiger partial charge in [0.25, 0.3) is 0 Å². The minimum Gasteiger partial charge on any atom is -0.490 e. The van der Waals surface area contributed by atoms with E-state index in [1.807, 2.05) is 12.1 Å². The Morgan fingerprint density at radius 2 is 1.95 bits per heavy atom. The lowest BCUT2D eigenvalue weighted by Gasteiger charge is -2.42. The molecule has 0 saturated carbocycles. The molecule has 0 amide bonds. The lowest BCUT2D eigenvalue weighted by atomic mass is 9.84. The summed E-state index contributed by atoms with van der Waals surface area (Å²) in [7, 11) is 4.16. The van der Waals surface area contributed by atoms with Crippen LogP contribution in [0.15, 0.2) is 18.2 Å². The second-order valence-electron chi connectivity index (χ2n) is 5.96. The molecule has 5 heteroatoms. The molecule has 0 bridgehead atoms. The molecule has 1 heterocycles. The van der Waals surface area contributed by atoms with E-state index in [9.17, 15) is 0 Å². The van der Waals surface area contributed by atoms with Crippen molar-refractivity contribution in [2.45, 2.75) is 38.3 Å². The van der Waals surface area contributed by atoms with E-state index >= 15 is 0 Å². The number of nitrogens with two attached hydrogens (primary N) is 1. The molecule has 2 unspecified atom stereocenters. The van der Waals surface area contributed by atoms with Crippen LogP contribution in [0, 0.1) is 0 Å². The Balaban J connectivity index is 2.36. The summed E-state index contributed by atoms with van der Waals surface area (Å²) >= 11 is 0. The van der Waals surface area contributed by atoms with Gasteiger partial charge in [-0.1, -0.05) is 13.0 Å². The first-order chi connectivity index (χ1) is 10.0. The molecule has 1 aliphatic heterocycles. The van der Waals surface area contributed by atoms with Crippen molar-refractivity contribution in [2.75, 3.05) is 27.3 Å². The molecule has 0 radical (unpaired) electrons. The van der Waals surface area contributed by atoms with E-state index in [0.29, 0.717) is 13.2 Å². The average molecular weight is 293 g/mol. The first-order valence-corrected chi connectivity index (χ1v) is 7.56. The predicted molar refractivity (Wildman–Crippen MR) is 84.5 cm³/mol. The summed E-state index contributed by atoms with van der Waals surface area (Å²) < 4.78 is 11.5. The predicted octanol–water partition coefficient (Wildman–Crippen LogP) is 2.08. The molecular weight excluding hydrogens is 266 g/mol. The highest BCUT2D eigenvalue weighted by Crippen LogP contribution is 2.37. The van der Waals surface area contributed by atoms with Crippen molar-refractivity contribution < 1.29 is 9.47 Å². The van der Waals surface area contributed by atoms with Gasteiger partial charge in [-0.05, 0) is 45.1 Å². The maximum Gasteiger partial charge on any atom is 0.161 e. The van der Waals surface area contributed by atoms with Gasteiger partial charge in [-0.3, -0.25) is 11.3 Å². The summed E-state index contributed by atoms with van der Waals surface area (Å²) in [5.74, 6) is 7.49. The molecule has 0 aliphatic carbocycles. The molecule has 1 aromatic rings. The van der Waals surface area contributed by atoms with Gasteiger partial charge in [-0.2, -0.15) is 0 Å². The van der Waals surface area contributed by atoms with Crippen molar-refractivity contribution in [1.29, 1.82) is 0 Å². The standard InChI is InChI=1S/C16H27N3O2/c1-5-16(2,19(3)4)15(18-17)12-7-8-13-14(11-12)21-10-6-9-20-13/h7-8,11,15,18H,5-6,9-10,17H2,1-4H3. The number of hydrogen-bond acceptors (Lipinski definition) is 5. The molecule has 5 nitrogen and oxygen atoms in total. The molecule has 1 aliphatic rings. The first kappa shape index (κ1) is 16.1. The van der Waals surface area contributed by atoms with Crippen LogP contribution in [0.3, 0.4) is 0 Å². The van der Waals surface area contributed by atoms with E-state index in [-0.39, 0.29) is 11.6 Å². The zero-order valence-electron chi connectivity index (χ0n) is 13.5. The lowest BCUT2D eigenvalue weighted by molar-refractivity contribution is 0.113. The second kappa shape index (κ2) is 6.64. The fourth-order valence-electron chi connectivity index (χ4n) is 2.77. The van der Waals surface area contributed by atoms with Gasteiger partial charge in [-0.25, -0.2) is 0 Å². The summed E-state index contributed by atoms with van der Waals surface area (Å²) in [6.45, 7) is 5.78. The summed E-state index contributed by atoms with van der Waals surface area (Å²) in [5, 5.41) is 0. The minimum absolute atomic E-state index is 0.00894. The maximum absolute atomic E-state index is 5.86. The number of rotatable bonds is 5. The Labute approximate surface area is 127 Å². The third kappa shape index (κ3) is 3.15. The summed E-state index contributed by atoms with van der Waals surface area (Å²) in [6, 6.07) is 6.10. The van der Waals surface area contributed by atoms with Gasteiger partial charge in [0.05, 0.1) is 19.3 Å². The summed E-state index contributed by atoms with van der Waals surface area (Å²) in [5.41, 5.74) is 4.00. The van der Waals surface area contributed by atoms with Crippen LogP contribution in [0.5, 0.6) is 11.5 Å². The Morgan fingerprint density at radius 1 is 1.29 bits per heavy atom. The Bertz CT molecular complexity index is 479. The molecule has 0 aromatic heterocycles. The van der Waals surface area contributed by atoms with Gasteiger partial charge in [0.2, 0.25) is 0 Å². The number of ether oxygens (including phenoxy) is 2. The van der Waals surface area contributed by atoms with Gasteiger partial charge < -0.3 is 14.4 Å².